The van der Waals surface area contributed by atoms with E-state index in [2.05, 4.69) is 81.6 Å². The van der Waals surface area contributed by atoms with Crippen molar-refractivity contribution in [2.75, 3.05) is 44.6 Å². The molecule has 2 heterocycles. The van der Waals surface area contributed by atoms with Crippen molar-refractivity contribution in [2.45, 2.75) is 31.6 Å². The maximum Gasteiger partial charge on any atom is 0.238 e. The first-order valence-electron chi connectivity index (χ1n) is 14.7. The average Bonchev–Trinajstić information content (AvgIpc) is 3.70. The smallest absolute Gasteiger partial charge is 0.238 e. The van der Waals surface area contributed by atoms with E-state index in [1.165, 1.54) is 16.3 Å². The summed E-state index contributed by atoms with van der Waals surface area (Å²) in [4.78, 5) is 29.3. The molecule has 3 aromatic rings. The Balaban J connectivity index is 1.37. The third-order valence-corrected chi connectivity index (χ3v) is 7.99. The minimum Gasteiger partial charge on any atom is -0.332 e. The summed E-state index contributed by atoms with van der Waals surface area (Å²) >= 11 is 0. The second-order valence-corrected chi connectivity index (χ2v) is 10.9. The lowest BCUT2D eigenvalue weighted by molar-refractivity contribution is -0.121. The van der Waals surface area contributed by atoms with Gasteiger partial charge >= 0.3 is 0 Å². The summed E-state index contributed by atoms with van der Waals surface area (Å²) in [6.07, 6.45) is 12.1. The van der Waals surface area contributed by atoms with Crippen LogP contribution in [-0.2, 0) is 9.59 Å². The highest BCUT2D eigenvalue weighted by atomic mass is 16.2. The normalized spacial score (nSPS) is 17.2. The van der Waals surface area contributed by atoms with E-state index >= 15 is 0 Å². The summed E-state index contributed by atoms with van der Waals surface area (Å²) in [5.74, 6) is -0.0589. The minimum atomic E-state index is -0.0853. The van der Waals surface area contributed by atoms with Gasteiger partial charge in [0.25, 0.3) is 0 Å². The molecule has 3 aromatic carbocycles. The van der Waals surface area contributed by atoms with Crippen LogP contribution in [0.25, 0.3) is 10.8 Å². The quantitative estimate of drug-likeness (QED) is 0.295. The average molecular weight is 549 g/mol. The van der Waals surface area contributed by atoms with E-state index < -0.39 is 0 Å². The largest absolute Gasteiger partial charge is 0.332 e. The zero-order valence-corrected chi connectivity index (χ0v) is 23.7. The third-order valence-electron chi connectivity index (χ3n) is 7.99. The van der Waals surface area contributed by atoms with Gasteiger partial charge in [0.2, 0.25) is 11.8 Å². The molecule has 0 aliphatic carbocycles. The topological polar surface area (TPSA) is 64.7 Å². The molecule has 1 unspecified atom stereocenters. The SMILES string of the molecule is C=C/C(=C\C=C\NC(=O)CN1CCCC1)C(c1ccc(NC(=O)CN2CCCC2)cc1)c1cccc2ccccc12. The summed E-state index contributed by atoms with van der Waals surface area (Å²) in [7, 11) is 0. The molecule has 2 fully saturated rings. The summed E-state index contributed by atoms with van der Waals surface area (Å²) < 4.78 is 0. The predicted octanol–water partition coefficient (Wildman–Crippen LogP) is 5.84. The number of anilines is 1. The van der Waals surface area contributed by atoms with Crippen LogP contribution in [0.15, 0.2) is 103 Å². The molecule has 0 radical (unpaired) electrons. The second kappa shape index (κ2) is 14.1. The number of hydrogen-bond acceptors (Lipinski definition) is 4. The van der Waals surface area contributed by atoms with Gasteiger partial charge in [-0.05, 0) is 97.5 Å². The van der Waals surface area contributed by atoms with Gasteiger partial charge in [-0.3, -0.25) is 19.4 Å². The van der Waals surface area contributed by atoms with Crippen LogP contribution in [0, 0.1) is 0 Å². The number of nitrogens with zero attached hydrogens (tertiary/aromatic N) is 2. The molecular weight excluding hydrogens is 508 g/mol. The number of rotatable bonds is 11. The van der Waals surface area contributed by atoms with E-state index in [9.17, 15) is 9.59 Å². The lowest BCUT2D eigenvalue weighted by Crippen LogP contribution is -2.33. The Morgan fingerprint density at radius 2 is 1.44 bits per heavy atom. The van der Waals surface area contributed by atoms with Crippen LogP contribution in [0.1, 0.15) is 42.7 Å². The highest BCUT2D eigenvalue weighted by molar-refractivity contribution is 5.92. The first-order valence-corrected chi connectivity index (χ1v) is 14.7. The Morgan fingerprint density at radius 3 is 2.12 bits per heavy atom. The van der Waals surface area contributed by atoms with Crippen LogP contribution in [0.2, 0.25) is 0 Å². The van der Waals surface area contributed by atoms with Crippen molar-refractivity contribution in [3.8, 4) is 0 Å². The number of amides is 2. The van der Waals surface area contributed by atoms with Crippen LogP contribution in [-0.4, -0.2) is 60.9 Å². The Bertz CT molecular complexity index is 1410. The Labute approximate surface area is 243 Å². The zero-order valence-electron chi connectivity index (χ0n) is 23.7. The van der Waals surface area contributed by atoms with E-state index in [4.69, 9.17) is 0 Å². The second-order valence-electron chi connectivity index (χ2n) is 10.9. The van der Waals surface area contributed by atoms with E-state index in [0.29, 0.717) is 13.1 Å². The highest BCUT2D eigenvalue weighted by Crippen LogP contribution is 2.37. The molecule has 2 amide bonds. The molecule has 212 valence electrons. The van der Waals surface area contributed by atoms with Gasteiger partial charge in [-0.15, -0.1) is 0 Å². The number of benzene rings is 3. The molecule has 41 heavy (non-hydrogen) atoms. The molecule has 0 bridgehead atoms. The third kappa shape index (κ3) is 7.60. The molecule has 2 aliphatic rings. The number of nitrogens with one attached hydrogen (secondary N) is 2. The van der Waals surface area contributed by atoms with Crippen molar-refractivity contribution >= 4 is 28.3 Å². The molecule has 2 aliphatic heterocycles. The van der Waals surface area contributed by atoms with Gasteiger partial charge in [-0.2, -0.15) is 0 Å². The maximum atomic E-state index is 12.6. The van der Waals surface area contributed by atoms with Gasteiger partial charge in [0.15, 0.2) is 0 Å². The molecule has 1 atom stereocenters. The van der Waals surface area contributed by atoms with Crippen molar-refractivity contribution in [3.05, 3.63) is 114 Å². The highest BCUT2D eigenvalue weighted by Gasteiger charge is 2.20. The van der Waals surface area contributed by atoms with Crippen molar-refractivity contribution in [1.29, 1.82) is 0 Å². The van der Waals surface area contributed by atoms with Gasteiger partial charge in [-0.25, -0.2) is 0 Å². The summed E-state index contributed by atoms with van der Waals surface area (Å²) in [5, 5.41) is 8.31. The van der Waals surface area contributed by atoms with Crippen LogP contribution in [0.3, 0.4) is 0 Å². The fourth-order valence-corrected chi connectivity index (χ4v) is 5.93. The van der Waals surface area contributed by atoms with Crippen LogP contribution >= 0.6 is 0 Å². The van der Waals surface area contributed by atoms with Crippen LogP contribution < -0.4 is 10.6 Å². The molecule has 6 heteroatoms. The number of fused-ring (bicyclic) bond motifs is 1. The van der Waals surface area contributed by atoms with Gasteiger partial charge in [0.1, 0.15) is 0 Å². The lowest BCUT2D eigenvalue weighted by atomic mass is 9.82. The number of allylic oxidation sites excluding steroid dienone is 4. The summed E-state index contributed by atoms with van der Waals surface area (Å²) in [6.45, 7) is 8.98. The maximum absolute atomic E-state index is 12.6. The monoisotopic (exact) mass is 548 g/mol. The molecule has 2 N–H and O–H groups in total. The first-order chi connectivity index (χ1) is 20.1. The fraction of sp³-hybridized carbons (Fsp3) is 0.314. The Kier molecular flexibility index (Phi) is 9.78. The van der Waals surface area contributed by atoms with Crippen molar-refractivity contribution in [2.24, 2.45) is 0 Å². The zero-order chi connectivity index (χ0) is 28.4. The Morgan fingerprint density at radius 1 is 0.805 bits per heavy atom. The molecular formula is C35H40N4O2. The van der Waals surface area contributed by atoms with Crippen LogP contribution in [0.4, 0.5) is 5.69 Å². The molecule has 0 spiro atoms. The van der Waals surface area contributed by atoms with E-state index in [1.54, 1.807) is 6.20 Å². The minimum absolute atomic E-state index is 0.00433. The fourth-order valence-electron chi connectivity index (χ4n) is 5.93. The molecule has 2 saturated heterocycles. The van der Waals surface area contributed by atoms with Gasteiger partial charge in [-0.1, -0.05) is 73.3 Å². The summed E-state index contributed by atoms with van der Waals surface area (Å²) in [5.41, 5.74) is 4.07. The molecule has 0 aromatic heterocycles. The van der Waals surface area contributed by atoms with E-state index in [-0.39, 0.29) is 17.7 Å². The van der Waals surface area contributed by atoms with E-state index in [1.807, 2.05) is 30.4 Å². The van der Waals surface area contributed by atoms with Crippen molar-refractivity contribution < 1.29 is 9.59 Å². The Hall–Kier alpha value is -4.00. The molecule has 0 saturated carbocycles. The van der Waals surface area contributed by atoms with E-state index in [0.717, 1.165) is 68.7 Å². The molecule has 5 rings (SSSR count). The standard InChI is InChI=1S/C35H40N4O2/c1-2-27(13-10-20-36-33(40)25-38-21-5-6-22-38)35(32-15-9-12-28-11-3-4-14-31(28)32)29-16-18-30(19-17-29)37-34(41)26-39-23-7-8-24-39/h2-4,9-20,35H,1,5-8,21-26H2,(H,36,40)(H,37,41)/b20-10+,27-13+. The number of carbonyl (C=O) groups is 2. The first kappa shape index (κ1) is 28.5. The lowest BCUT2D eigenvalue weighted by Gasteiger charge is -2.22. The van der Waals surface area contributed by atoms with Crippen LogP contribution in [0.5, 0.6) is 0 Å². The van der Waals surface area contributed by atoms with Gasteiger partial charge in [0.05, 0.1) is 13.1 Å². The van der Waals surface area contributed by atoms with Gasteiger partial charge in [0, 0.05) is 17.8 Å². The number of hydrogen-bond donors (Lipinski definition) is 2. The molecule has 6 nitrogen and oxygen atoms in total. The summed E-state index contributed by atoms with van der Waals surface area (Å²) in [6, 6.07) is 22.9. The van der Waals surface area contributed by atoms with Crippen molar-refractivity contribution in [1.82, 2.24) is 15.1 Å². The number of carbonyl (C=O) groups excluding carboxylic acids is 2. The number of likely N-dealkylation sites (tertiary alicyclic amines) is 2. The van der Waals surface area contributed by atoms with Gasteiger partial charge < -0.3 is 10.6 Å². The van der Waals surface area contributed by atoms with Crippen molar-refractivity contribution in [3.63, 3.8) is 0 Å². The predicted molar refractivity (Wildman–Crippen MR) is 168 cm³/mol.